The van der Waals surface area contributed by atoms with Crippen LogP contribution in [-0.2, 0) is 24.3 Å². The van der Waals surface area contributed by atoms with Crippen LogP contribution in [0.25, 0.3) is 10.8 Å². The minimum atomic E-state index is -0.0549. The van der Waals surface area contributed by atoms with Crippen LogP contribution in [0.5, 0.6) is 0 Å². The molecule has 0 N–H and O–H groups in total. The van der Waals surface area contributed by atoms with E-state index in [1.807, 2.05) is 17.0 Å². The lowest BCUT2D eigenvalue weighted by atomic mass is 10.0. The summed E-state index contributed by atoms with van der Waals surface area (Å²) in [5.74, 6) is 0.748. The summed E-state index contributed by atoms with van der Waals surface area (Å²) in [5, 5.41) is 14.1. The summed E-state index contributed by atoms with van der Waals surface area (Å²) in [6.07, 6.45) is 1.48. The lowest BCUT2D eigenvalue weighted by Gasteiger charge is -2.33. The van der Waals surface area contributed by atoms with Gasteiger partial charge in [0.15, 0.2) is 5.82 Å². The number of hydrogen-bond acceptors (Lipinski definition) is 4. The van der Waals surface area contributed by atoms with E-state index in [0.717, 1.165) is 24.4 Å². The van der Waals surface area contributed by atoms with Gasteiger partial charge in [0.2, 0.25) is 5.91 Å². The van der Waals surface area contributed by atoms with Gasteiger partial charge in [-0.05, 0) is 39.2 Å². The summed E-state index contributed by atoms with van der Waals surface area (Å²) in [7, 11) is 0. The molecule has 0 bridgehead atoms. The Hall–Kier alpha value is -2.47. The Balaban J connectivity index is 1.59. The Kier molecular flexibility index (Phi) is 4.36. The molecule has 0 aliphatic carbocycles. The number of nitrogens with zero attached hydrogens (tertiary/aromatic N) is 5. The minimum absolute atomic E-state index is 0.0188. The maximum atomic E-state index is 12.5. The highest BCUT2D eigenvalue weighted by molar-refractivity contribution is 6.27. The molecule has 6 nitrogen and oxygen atoms in total. The molecule has 0 radical (unpaired) electrons. The van der Waals surface area contributed by atoms with Crippen molar-refractivity contribution in [2.75, 3.05) is 5.88 Å². The largest absolute Gasteiger partial charge is 0.334 e. The third kappa shape index (κ3) is 3.22. The lowest BCUT2D eigenvalue weighted by molar-refractivity contribution is -0.132. The van der Waals surface area contributed by atoms with E-state index in [-0.39, 0.29) is 17.8 Å². The molecular weight excluding hydrogens is 338 g/mol. The number of alkyl halides is 1. The first-order valence-corrected chi connectivity index (χ1v) is 8.86. The van der Waals surface area contributed by atoms with E-state index < -0.39 is 0 Å². The number of fused-ring (bicyclic) bond motifs is 2. The molecule has 0 saturated carbocycles. The maximum absolute atomic E-state index is 12.5. The van der Waals surface area contributed by atoms with Crippen LogP contribution in [0, 0.1) is 0 Å². The Bertz CT molecular complexity index is 909. The predicted molar refractivity (Wildman–Crippen MR) is 95.1 cm³/mol. The smallest absolute Gasteiger partial charge is 0.238 e. The molecule has 7 heteroatoms. The summed E-state index contributed by atoms with van der Waals surface area (Å²) in [5.41, 5.74) is 1.10. The number of hydrogen-bond donors (Lipinski definition) is 0. The fourth-order valence-corrected chi connectivity index (χ4v) is 3.58. The van der Waals surface area contributed by atoms with Gasteiger partial charge in [0.1, 0.15) is 5.88 Å². The van der Waals surface area contributed by atoms with Gasteiger partial charge in [-0.1, -0.05) is 36.4 Å². The average molecular weight is 356 g/mol. The van der Waals surface area contributed by atoms with E-state index in [1.165, 1.54) is 10.8 Å². The van der Waals surface area contributed by atoms with Gasteiger partial charge in [0, 0.05) is 25.6 Å². The Morgan fingerprint density at radius 2 is 2.08 bits per heavy atom. The van der Waals surface area contributed by atoms with Gasteiger partial charge < -0.3 is 4.90 Å². The molecule has 128 valence electrons. The standard InChI is InChI=1S/C18H18ClN5O/c19-11-18(25)23(16-7-8-24-17(10-16)20-21-22-24)12-13-5-6-14-3-1-2-4-15(14)9-13/h1-6,9,16H,7-8,10-12H2. The van der Waals surface area contributed by atoms with Crippen molar-refractivity contribution in [2.24, 2.45) is 0 Å². The number of rotatable bonds is 4. The summed E-state index contributed by atoms with van der Waals surface area (Å²) in [6.45, 7) is 1.26. The second-order valence-electron chi connectivity index (χ2n) is 6.30. The highest BCUT2D eigenvalue weighted by Gasteiger charge is 2.29. The monoisotopic (exact) mass is 355 g/mol. The zero-order valence-corrected chi connectivity index (χ0v) is 14.4. The van der Waals surface area contributed by atoms with Gasteiger partial charge in [0.25, 0.3) is 0 Å². The highest BCUT2D eigenvalue weighted by Crippen LogP contribution is 2.22. The summed E-state index contributed by atoms with van der Waals surface area (Å²) >= 11 is 5.87. The van der Waals surface area contributed by atoms with Gasteiger partial charge in [-0.15, -0.1) is 16.7 Å². The number of aromatic nitrogens is 4. The molecule has 1 aromatic heterocycles. The molecule has 4 rings (SSSR count). The Morgan fingerprint density at radius 1 is 1.24 bits per heavy atom. The first-order chi connectivity index (χ1) is 12.2. The van der Waals surface area contributed by atoms with Gasteiger partial charge >= 0.3 is 0 Å². The molecule has 1 aliphatic heterocycles. The molecule has 0 saturated heterocycles. The van der Waals surface area contributed by atoms with Crippen LogP contribution in [0.1, 0.15) is 17.8 Å². The Morgan fingerprint density at radius 3 is 2.92 bits per heavy atom. The van der Waals surface area contributed by atoms with Gasteiger partial charge in [-0.3, -0.25) is 4.79 Å². The van der Waals surface area contributed by atoms with E-state index in [2.05, 4.69) is 45.9 Å². The van der Waals surface area contributed by atoms with Gasteiger partial charge in [-0.2, -0.15) is 0 Å². The van der Waals surface area contributed by atoms with Gasteiger partial charge in [0.05, 0.1) is 0 Å². The number of amides is 1. The number of benzene rings is 2. The predicted octanol–water partition coefficient (Wildman–Crippen LogP) is 2.41. The maximum Gasteiger partial charge on any atom is 0.238 e. The first kappa shape index (κ1) is 16.0. The van der Waals surface area contributed by atoms with Crippen LogP contribution in [0.3, 0.4) is 0 Å². The lowest BCUT2D eigenvalue weighted by Crippen LogP contribution is -2.44. The van der Waals surface area contributed by atoms with Crippen molar-refractivity contribution in [3.63, 3.8) is 0 Å². The number of halogens is 1. The molecule has 1 amide bonds. The SMILES string of the molecule is O=C(CCl)N(Cc1ccc2ccccc2c1)C1CCn2nnnc2C1. The van der Waals surface area contributed by atoms with Crippen LogP contribution < -0.4 is 0 Å². The molecule has 1 unspecified atom stereocenters. The van der Waals surface area contributed by atoms with Crippen molar-refractivity contribution in [3.05, 3.63) is 53.9 Å². The third-order valence-corrected chi connectivity index (χ3v) is 4.97. The number of carbonyl (C=O) groups is 1. The number of tetrazole rings is 1. The second kappa shape index (κ2) is 6.80. The van der Waals surface area contributed by atoms with E-state index in [4.69, 9.17) is 11.6 Å². The molecular formula is C18H18ClN5O. The molecule has 1 aliphatic rings. The number of aryl methyl sites for hydroxylation is 1. The highest BCUT2D eigenvalue weighted by atomic mass is 35.5. The van der Waals surface area contributed by atoms with Gasteiger partial charge in [-0.25, -0.2) is 4.68 Å². The topological polar surface area (TPSA) is 63.9 Å². The molecule has 0 fully saturated rings. The molecule has 0 spiro atoms. The summed E-state index contributed by atoms with van der Waals surface area (Å²) < 4.78 is 1.80. The zero-order valence-electron chi connectivity index (χ0n) is 13.7. The van der Waals surface area contributed by atoms with Crippen molar-refractivity contribution < 1.29 is 4.79 Å². The van der Waals surface area contributed by atoms with E-state index in [0.29, 0.717) is 13.0 Å². The fraction of sp³-hybridized carbons (Fsp3) is 0.333. The third-order valence-electron chi connectivity index (χ3n) is 4.74. The fourth-order valence-electron chi connectivity index (χ4n) is 3.42. The minimum Gasteiger partial charge on any atom is -0.334 e. The van der Waals surface area contributed by atoms with Crippen LogP contribution in [0.4, 0.5) is 0 Å². The first-order valence-electron chi connectivity index (χ1n) is 8.33. The molecule has 2 aromatic carbocycles. The Labute approximate surface area is 150 Å². The normalized spacial score (nSPS) is 16.6. The number of carbonyl (C=O) groups excluding carboxylic acids is 1. The second-order valence-corrected chi connectivity index (χ2v) is 6.57. The molecule has 1 atom stereocenters. The average Bonchev–Trinajstić information content (AvgIpc) is 3.13. The van der Waals surface area contributed by atoms with Crippen molar-refractivity contribution in [1.82, 2.24) is 25.1 Å². The van der Waals surface area contributed by atoms with Crippen LogP contribution in [0.15, 0.2) is 42.5 Å². The summed E-state index contributed by atoms with van der Waals surface area (Å²) in [4.78, 5) is 14.3. The molecule has 25 heavy (non-hydrogen) atoms. The summed E-state index contributed by atoms with van der Waals surface area (Å²) in [6, 6.07) is 14.6. The van der Waals surface area contributed by atoms with Crippen LogP contribution in [-0.4, -0.2) is 42.9 Å². The molecule has 3 aromatic rings. The van der Waals surface area contributed by atoms with Crippen molar-refractivity contribution >= 4 is 28.3 Å². The van der Waals surface area contributed by atoms with Crippen LogP contribution >= 0.6 is 11.6 Å². The zero-order chi connectivity index (χ0) is 17.2. The van der Waals surface area contributed by atoms with Crippen LogP contribution in [0.2, 0.25) is 0 Å². The van der Waals surface area contributed by atoms with E-state index >= 15 is 0 Å². The molecule has 2 heterocycles. The van der Waals surface area contributed by atoms with Crippen molar-refractivity contribution in [1.29, 1.82) is 0 Å². The van der Waals surface area contributed by atoms with Crippen molar-refractivity contribution in [3.8, 4) is 0 Å². The van der Waals surface area contributed by atoms with E-state index in [1.54, 1.807) is 4.68 Å². The van der Waals surface area contributed by atoms with E-state index in [9.17, 15) is 4.79 Å². The quantitative estimate of drug-likeness (QED) is 0.674. The van der Waals surface area contributed by atoms with Crippen molar-refractivity contribution in [2.45, 2.75) is 32.0 Å².